The van der Waals surface area contributed by atoms with Gasteiger partial charge in [0.05, 0.1) is 0 Å². The van der Waals surface area contributed by atoms with Gasteiger partial charge in [-0.2, -0.15) is 0 Å². The Morgan fingerprint density at radius 3 is 2.50 bits per heavy atom. The average molecular weight is 307 g/mol. The van der Waals surface area contributed by atoms with Crippen LogP contribution in [0.3, 0.4) is 0 Å². The number of hydrogen-bond acceptors (Lipinski definition) is 3. The number of amides is 3. The number of nitrogens with one attached hydrogen (secondary N) is 2. The van der Waals surface area contributed by atoms with Crippen LogP contribution in [0.4, 0.5) is 0 Å². The maximum Gasteiger partial charge on any atom is 0.246 e. The molecular weight excluding hydrogens is 282 g/mol. The molecule has 0 aromatic carbocycles. The van der Waals surface area contributed by atoms with Crippen molar-refractivity contribution in [1.29, 1.82) is 0 Å². The van der Waals surface area contributed by atoms with Crippen molar-refractivity contribution in [2.45, 2.75) is 33.1 Å². The number of allylic oxidation sites excluding steroid dienone is 1. The molecule has 0 aromatic rings. The first kappa shape index (κ1) is 17.9. The monoisotopic (exact) mass is 307 g/mol. The van der Waals surface area contributed by atoms with E-state index in [1.54, 1.807) is 13.0 Å². The van der Waals surface area contributed by atoms with Crippen LogP contribution < -0.4 is 10.6 Å². The van der Waals surface area contributed by atoms with Crippen LogP contribution in [0.5, 0.6) is 0 Å². The van der Waals surface area contributed by atoms with Crippen molar-refractivity contribution in [3.8, 4) is 0 Å². The van der Waals surface area contributed by atoms with Crippen molar-refractivity contribution < 1.29 is 14.4 Å². The maximum atomic E-state index is 11.9. The summed E-state index contributed by atoms with van der Waals surface area (Å²) in [5, 5.41) is 5.58. The van der Waals surface area contributed by atoms with E-state index in [-0.39, 0.29) is 17.7 Å². The van der Waals surface area contributed by atoms with Crippen LogP contribution >= 0.6 is 0 Å². The van der Waals surface area contributed by atoms with Gasteiger partial charge in [-0.15, -0.1) is 0 Å². The number of carbonyl (C=O) groups is 3. The van der Waals surface area contributed by atoms with Gasteiger partial charge in [0.25, 0.3) is 0 Å². The molecule has 1 atom stereocenters. The molecule has 0 aliphatic carbocycles. The van der Waals surface area contributed by atoms with Crippen LogP contribution in [0, 0.1) is 5.92 Å². The molecule has 122 valence electrons. The molecule has 0 saturated carbocycles. The van der Waals surface area contributed by atoms with Gasteiger partial charge in [0, 0.05) is 25.2 Å². The van der Waals surface area contributed by atoms with Crippen molar-refractivity contribution in [2.24, 2.45) is 5.92 Å². The van der Waals surface area contributed by atoms with Gasteiger partial charge in [-0.1, -0.05) is 12.7 Å². The van der Waals surface area contributed by atoms with Crippen LogP contribution in [0.25, 0.3) is 0 Å². The fourth-order valence-corrected chi connectivity index (χ4v) is 2.18. The Labute approximate surface area is 131 Å². The zero-order valence-corrected chi connectivity index (χ0v) is 13.4. The SMILES string of the molecule is C=CN1CCC(C(=O)NCCCCNC(=O)/C(C)=C\C)C1=O. The zero-order chi connectivity index (χ0) is 16.5. The van der Waals surface area contributed by atoms with E-state index in [1.807, 2.05) is 6.92 Å². The van der Waals surface area contributed by atoms with E-state index in [0.717, 1.165) is 12.8 Å². The first-order chi connectivity index (χ1) is 10.5. The van der Waals surface area contributed by atoms with E-state index >= 15 is 0 Å². The van der Waals surface area contributed by atoms with Crippen molar-refractivity contribution >= 4 is 17.7 Å². The summed E-state index contributed by atoms with van der Waals surface area (Å²) < 4.78 is 0. The second kappa shape index (κ2) is 9.02. The highest BCUT2D eigenvalue weighted by atomic mass is 16.2. The molecule has 1 heterocycles. The Bertz CT molecular complexity index is 471. The summed E-state index contributed by atoms with van der Waals surface area (Å²) in [5.74, 6) is -1.05. The Kier molecular flexibility index (Phi) is 7.36. The highest BCUT2D eigenvalue weighted by molar-refractivity contribution is 6.01. The minimum absolute atomic E-state index is 0.0624. The van der Waals surface area contributed by atoms with E-state index in [4.69, 9.17) is 0 Å². The first-order valence-corrected chi connectivity index (χ1v) is 7.63. The van der Waals surface area contributed by atoms with E-state index < -0.39 is 5.92 Å². The van der Waals surface area contributed by atoms with Gasteiger partial charge in [-0.05, 0) is 39.3 Å². The largest absolute Gasteiger partial charge is 0.355 e. The summed E-state index contributed by atoms with van der Waals surface area (Å²) in [5.41, 5.74) is 0.694. The fourth-order valence-electron chi connectivity index (χ4n) is 2.18. The zero-order valence-electron chi connectivity index (χ0n) is 13.4. The summed E-state index contributed by atoms with van der Waals surface area (Å²) in [4.78, 5) is 36.7. The minimum Gasteiger partial charge on any atom is -0.355 e. The lowest BCUT2D eigenvalue weighted by Crippen LogP contribution is -2.36. The Hall–Kier alpha value is -2.11. The number of unbranched alkanes of at least 4 members (excludes halogenated alkanes) is 1. The van der Waals surface area contributed by atoms with Gasteiger partial charge in [0.2, 0.25) is 17.7 Å². The molecule has 1 aliphatic rings. The minimum atomic E-state index is -0.588. The third-order valence-electron chi connectivity index (χ3n) is 3.76. The van der Waals surface area contributed by atoms with Crippen LogP contribution in [-0.4, -0.2) is 42.3 Å². The number of carbonyl (C=O) groups excluding carboxylic acids is 3. The van der Waals surface area contributed by atoms with E-state index in [0.29, 0.717) is 31.6 Å². The molecule has 0 spiro atoms. The third kappa shape index (κ3) is 5.02. The summed E-state index contributed by atoms with van der Waals surface area (Å²) in [6, 6.07) is 0. The summed E-state index contributed by atoms with van der Waals surface area (Å²) in [6.45, 7) is 8.77. The summed E-state index contributed by atoms with van der Waals surface area (Å²) >= 11 is 0. The maximum absolute atomic E-state index is 11.9. The quantitative estimate of drug-likeness (QED) is 0.398. The molecule has 1 fully saturated rings. The average Bonchev–Trinajstić information content (AvgIpc) is 2.90. The van der Waals surface area contributed by atoms with Gasteiger partial charge in [-0.25, -0.2) is 0 Å². The van der Waals surface area contributed by atoms with Crippen LogP contribution in [0.15, 0.2) is 24.4 Å². The molecule has 1 rings (SSSR count). The molecule has 3 amide bonds. The molecule has 0 bridgehead atoms. The van der Waals surface area contributed by atoms with Crippen LogP contribution in [-0.2, 0) is 14.4 Å². The van der Waals surface area contributed by atoms with E-state index in [9.17, 15) is 14.4 Å². The van der Waals surface area contributed by atoms with E-state index in [2.05, 4.69) is 17.2 Å². The molecule has 1 aliphatic heterocycles. The molecule has 6 heteroatoms. The third-order valence-corrected chi connectivity index (χ3v) is 3.76. The molecular formula is C16H25N3O3. The molecule has 0 radical (unpaired) electrons. The smallest absolute Gasteiger partial charge is 0.246 e. The van der Waals surface area contributed by atoms with Gasteiger partial charge in [0.15, 0.2) is 0 Å². The van der Waals surface area contributed by atoms with Gasteiger partial charge < -0.3 is 15.5 Å². The van der Waals surface area contributed by atoms with Gasteiger partial charge in [-0.3, -0.25) is 14.4 Å². The van der Waals surface area contributed by atoms with Crippen molar-refractivity contribution in [2.75, 3.05) is 19.6 Å². The van der Waals surface area contributed by atoms with Crippen molar-refractivity contribution in [3.63, 3.8) is 0 Å². The Morgan fingerprint density at radius 1 is 1.32 bits per heavy atom. The number of likely N-dealkylation sites (tertiary alicyclic amines) is 1. The number of nitrogens with zero attached hydrogens (tertiary/aromatic N) is 1. The van der Waals surface area contributed by atoms with Crippen molar-refractivity contribution in [3.05, 3.63) is 24.4 Å². The molecule has 22 heavy (non-hydrogen) atoms. The molecule has 1 saturated heterocycles. The summed E-state index contributed by atoms with van der Waals surface area (Å²) in [6.07, 6.45) is 5.30. The topological polar surface area (TPSA) is 78.5 Å². The number of hydrogen-bond donors (Lipinski definition) is 2. The van der Waals surface area contributed by atoms with Gasteiger partial charge in [0.1, 0.15) is 5.92 Å². The number of rotatable bonds is 8. The fraction of sp³-hybridized carbons (Fsp3) is 0.562. The normalized spacial score (nSPS) is 18.3. The first-order valence-electron chi connectivity index (χ1n) is 7.63. The Morgan fingerprint density at radius 2 is 1.95 bits per heavy atom. The lowest BCUT2D eigenvalue weighted by molar-refractivity contribution is -0.136. The lowest BCUT2D eigenvalue weighted by atomic mass is 10.1. The predicted octanol–water partition coefficient (Wildman–Crippen LogP) is 0.957. The summed E-state index contributed by atoms with van der Waals surface area (Å²) in [7, 11) is 0. The Balaban J connectivity index is 2.15. The second-order valence-electron chi connectivity index (χ2n) is 5.28. The van der Waals surface area contributed by atoms with Crippen LogP contribution in [0.2, 0.25) is 0 Å². The highest BCUT2D eigenvalue weighted by Gasteiger charge is 2.35. The van der Waals surface area contributed by atoms with Crippen molar-refractivity contribution in [1.82, 2.24) is 15.5 Å². The molecule has 6 nitrogen and oxygen atoms in total. The second-order valence-corrected chi connectivity index (χ2v) is 5.28. The molecule has 2 N–H and O–H groups in total. The molecule has 1 unspecified atom stereocenters. The standard InChI is InChI=1S/C16H25N3O3/c1-4-12(3)14(20)17-9-6-7-10-18-15(21)13-8-11-19(5-2)16(13)22/h4-5,13H,2,6-11H2,1,3H3,(H,17,20)(H,18,21)/b12-4-. The lowest BCUT2D eigenvalue weighted by Gasteiger charge is -2.11. The predicted molar refractivity (Wildman–Crippen MR) is 84.7 cm³/mol. The van der Waals surface area contributed by atoms with Gasteiger partial charge >= 0.3 is 0 Å². The molecule has 0 aromatic heterocycles. The highest BCUT2D eigenvalue weighted by Crippen LogP contribution is 2.18. The van der Waals surface area contributed by atoms with E-state index in [1.165, 1.54) is 11.1 Å². The van der Waals surface area contributed by atoms with Crippen LogP contribution in [0.1, 0.15) is 33.1 Å².